The zero-order valence-corrected chi connectivity index (χ0v) is 11.2. The predicted octanol–water partition coefficient (Wildman–Crippen LogP) is 3.53. The Morgan fingerprint density at radius 2 is 1.84 bits per heavy atom. The number of phenolic OH excluding ortho intramolecular Hbond substituents is 1. The number of hydrogen-bond acceptors (Lipinski definition) is 3. The summed E-state index contributed by atoms with van der Waals surface area (Å²) in [5.74, 6) is -0.443. The molecular weight excluding hydrogens is 287 g/mol. The second-order valence-electron chi connectivity index (χ2n) is 3.86. The number of nitrogen functional groups attached to an aromatic ring is 1. The number of nitrogens with two attached hydrogens (primary N) is 1. The first-order valence-electron chi connectivity index (χ1n) is 5.32. The molecule has 4 nitrogen and oxygen atoms in total. The second kappa shape index (κ2) is 5.38. The van der Waals surface area contributed by atoms with Gasteiger partial charge in [-0.25, -0.2) is 0 Å². The molecule has 0 aliphatic heterocycles. The molecule has 19 heavy (non-hydrogen) atoms. The predicted molar refractivity (Wildman–Crippen MR) is 76.9 cm³/mol. The maximum absolute atomic E-state index is 12.0. The molecule has 0 unspecified atom stereocenters. The fourth-order valence-corrected chi connectivity index (χ4v) is 1.94. The first-order valence-corrected chi connectivity index (χ1v) is 6.08. The van der Waals surface area contributed by atoms with E-state index in [0.29, 0.717) is 16.4 Å². The number of aromatic hydroxyl groups is 1. The van der Waals surface area contributed by atoms with Crippen LogP contribution in [0.4, 0.5) is 11.4 Å². The Morgan fingerprint density at radius 1 is 1.11 bits per heavy atom. The molecule has 0 radical (unpaired) electrons. The van der Waals surface area contributed by atoms with Gasteiger partial charge >= 0.3 is 0 Å². The van der Waals surface area contributed by atoms with Gasteiger partial charge in [0.25, 0.3) is 5.91 Å². The van der Waals surface area contributed by atoms with Crippen LogP contribution in [-0.4, -0.2) is 11.0 Å². The summed E-state index contributed by atoms with van der Waals surface area (Å²) in [7, 11) is 0. The van der Waals surface area contributed by atoms with Crippen LogP contribution in [0, 0.1) is 0 Å². The van der Waals surface area contributed by atoms with Crippen molar-refractivity contribution in [2.24, 2.45) is 0 Å². The Kier molecular flexibility index (Phi) is 3.83. The lowest BCUT2D eigenvalue weighted by Gasteiger charge is -2.09. The van der Waals surface area contributed by atoms with Gasteiger partial charge in [-0.1, -0.05) is 23.2 Å². The van der Waals surface area contributed by atoms with Crippen LogP contribution in [0.25, 0.3) is 0 Å². The smallest absolute Gasteiger partial charge is 0.257 e. The van der Waals surface area contributed by atoms with Crippen LogP contribution in [0.5, 0.6) is 5.75 Å². The number of nitrogens with one attached hydrogen (secondary N) is 1. The van der Waals surface area contributed by atoms with E-state index in [1.165, 1.54) is 18.2 Å². The van der Waals surface area contributed by atoms with Crippen LogP contribution in [-0.2, 0) is 0 Å². The zero-order chi connectivity index (χ0) is 14.0. The summed E-state index contributed by atoms with van der Waals surface area (Å²) < 4.78 is 0. The quantitative estimate of drug-likeness (QED) is 0.742. The van der Waals surface area contributed by atoms with Gasteiger partial charge in [0.05, 0.1) is 21.3 Å². The van der Waals surface area contributed by atoms with E-state index in [-0.39, 0.29) is 16.3 Å². The van der Waals surface area contributed by atoms with Crippen LogP contribution in [0.1, 0.15) is 10.4 Å². The standard InChI is InChI=1S/C13H10Cl2N2O2/c14-10-4-1-7(16)5-12(10)17-13(19)9-3-2-8(18)6-11(9)15/h1-6,18H,16H2,(H,17,19). The number of rotatable bonds is 2. The highest BCUT2D eigenvalue weighted by Crippen LogP contribution is 2.26. The third kappa shape index (κ3) is 3.10. The zero-order valence-electron chi connectivity index (χ0n) is 9.65. The van der Waals surface area contributed by atoms with Gasteiger partial charge in [-0.2, -0.15) is 0 Å². The number of carbonyl (C=O) groups is 1. The molecule has 0 bridgehead atoms. The van der Waals surface area contributed by atoms with Crippen molar-refractivity contribution in [2.45, 2.75) is 0 Å². The summed E-state index contributed by atoms with van der Waals surface area (Å²) >= 11 is 11.8. The van der Waals surface area contributed by atoms with Crippen LogP contribution in [0.15, 0.2) is 36.4 Å². The molecule has 1 amide bonds. The molecule has 0 saturated carbocycles. The number of carbonyl (C=O) groups excluding carboxylic acids is 1. The molecule has 2 aromatic rings. The van der Waals surface area contributed by atoms with E-state index in [2.05, 4.69) is 5.32 Å². The molecule has 0 fully saturated rings. The lowest BCUT2D eigenvalue weighted by atomic mass is 10.2. The van der Waals surface area contributed by atoms with Crippen LogP contribution in [0.2, 0.25) is 10.0 Å². The average molecular weight is 297 g/mol. The van der Waals surface area contributed by atoms with Gasteiger partial charge in [0.2, 0.25) is 0 Å². The third-order valence-electron chi connectivity index (χ3n) is 2.44. The molecular formula is C13H10Cl2N2O2. The monoisotopic (exact) mass is 296 g/mol. The van der Waals surface area contributed by atoms with E-state index >= 15 is 0 Å². The number of amides is 1. The van der Waals surface area contributed by atoms with Crippen molar-refractivity contribution in [1.29, 1.82) is 0 Å². The number of anilines is 2. The molecule has 6 heteroatoms. The topological polar surface area (TPSA) is 75.3 Å². The molecule has 0 aromatic heterocycles. The molecule has 0 heterocycles. The number of phenols is 1. The summed E-state index contributed by atoms with van der Waals surface area (Å²) in [6.07, 6.45) is 0. The van der Waals surface area contributed by atoms with E-state index in [9.17, 15) is 9.90 Å². The largest absolute Gasteiger partial charge is 0.508 e. The Morgan fingerprint density at radius 3 is 2.53 bits per heavy atom. The summed E-state index contributed by atoms with van der Waals surface area (Å²) in [4.78, 5) is 12.0. The molecule has 0 spiro atoms. The number of halogens is 2. The molecule has 0 saturated heterocycles. The first-order chi connectivity index (χ1) is 8.97. The van der Waals surface area contributed by atoms with Gasteiger partial charge in [0.15, 0.2) is 0 Å². The lowest BCUT2D eigenvalue weighted by Crippen LogP contribution is -2.12. The van der Waals surface area contributed by atoms with Crippen LogP contribution in [0.3, 0.4) is 0 Å². The summed E-state index contributed by atoms with van der Waals surface area (Å²) in [5.41, 5.74) is 6.74. The van der Waals surface area contributed by atoms with Crippen molar-refractivity contribution in [3.05, 3.63) is 52.0 Å². The maximum atomic E-state index is 12.0. The van der Waals surface area contributed by atoms with Gasteiger partial charge < -0.3 is 16.2 Å². The summed E-state index contributed by atoms with van der Waals surface area (Å²) in [6, 6.07) is 8.86. The fraction of sp³-hybridized carbons (Fsp3) is 0. The van der Waals surface area contributed by atoms with Gasteiger partial charge in [0.1, 0.15) is 5.75 Å². The molecule has 0 aliphatic carbocycles. The van der Waals surface area contributed by atoms with E-state index in [1.807, 2.05) is 0 Å². The minimum absolute atomic E-state index is 0.0106. The molecule has 4 N–H and O–H groups in total. The third-order valence-corrected chi connectivity index (χ3v) is 3.08. The van der Waals surface area contributed by atoms with Gasteiger partial charge in [0, 0.05) is 5.69 Å². The SMILES string of the molecule is Nc1ccc(Cl)c(NC(=O)c2ccc(O)cc2Cl)c1. The van der Waals surface area contributed by atoms with Crippen molar-refractivity contribution >= 4 is 40.5 Å². The average Bonchev–Trinajstić information content (AvgIpc) is 2.33. The number of hydrogen-bond donors (Lipinski definition) is 3. The highest BCUT2D eigenvalue weighted by atomic mass is 35.5. The maximum Gasteiger partial charge on any atom is 0.257 e. The molecule has 0 aliphatic rings. The summed E-state index contributed by atoms with van der Waals surface area (Å²) in [5, 5.41) is 12.4. The van der Waals surface area contributed by atoms with Crippen molar-refractivity contribution in [3.8, 4) is 5.75 Å². The van der Waals surface area contributed by atoms with Crippen molar-refractivity contribution in [3.63, 3.8) is 0 Å². The van der Waals surface area contributed by atoms with E-state index in [1.54, 1.807) is 18.2 Å². The highest BCUT2D eigenvalue weighted by Gasteiger charge is 2.12. The Labute approximate surface area is 119 Å². The van der Waals surface area contributed by atoms with Crippen molar-refractivity contribution in [2.75, 3.05) is 11.1 Å². The van der Waals surface area contributed by atoms with Gasteiger partial charge in [-0.15, -0.1) is 0 Å². The van der Waals surface area contributed by atoms with Crippen molar-refractivity contribution < 1.29 is 9.90 Å². The molecule has 0 atom stereocenters. The van der Waals surface area contributed by atoms with E-state index in [0.717, 1.165) is 0 Å². The van der Waals surface area contributed by atoms with Crippen LogP contribution >= 0.6 is 23.2 Å². The molecule has 2 aromatic carbocycles. The van der Waals surface area contributed by atoms with E-state index < -0.39 is 5.91 Å². The number of benzene rings is 2. The van der Waals surface area contributed by atoms with E-state index in [4.69, 9.17) is 28.9 Å². The minimum atomic E-state index is -0.433. The van der Waals surface area contributed by atoms with Gasteiger partial charge in [-0.05, 0) is 36.4 Å². The Hall–Kier alpha value is -1.91. The molecule has 2 rings (SSSR count). The van der Waals surface area contributed by atoms with Crippen molar-refractivity contribution in [1.82, 2.24) is 0 Å². The van der Waals surface area contributed by atoms with Crippen LogP contribution < -0.4 is 11.1 Å². The highest BCUT2D eigenvalue weighted by molar-refractivity contribution is 6.36. The first kappa shape index (κ1) is 13.5. The molecule has 98 valence electrons. The van der Waals surface area contributed by atoms with Gasteiger partial charge in [-0.3, -0.25) is 4.79 Å². The minimum Gasteiger partial charge on any atom is -0.508 e. The Bertz CT molecular complexity index is 645. The lowest BCUT2D eigenvalue weighted by molar-refractivity contribution is 0.102. The normalized spacial score (nSPS) is 10.2. The fourth-order valence-electron chi connectivity index (χ4n) is 1.52. The second-order valence-corrected chi connectivity index (χ2v) is 4.67. The summed E-state index contributed by atoms with van der Waals surface area (Å²) in [6.45, 7) is 0. The Balaban J connectivity index is 2.28.